The van der Waals surface area contributed by atoms with Gasteiger partial charge in [-0.2, -0.15) is 0 Å². The van der Waals surface area contributed by atoms with Crippen molar-refractivity contribution in [1.29, 1.82) is 0 Å². The third kappa shape index (κ3) is 3.34. The van der Waals surface area contributed by atoms with Crippen molar-refractivity contribution in [2.45, 2.75) is 4.21 Å². The van der Waals surface area contributed by atoms with Crippen molar-refractivity contribution in [3.63, 3.8) is 0 Å². The Hall–Kier alpha value is -1.65. The first kappa shape index (κ1) is 15.7. The second-order valence-electron chi connectivity index (χ2n) is 3.84. The van der Waals surface area contributed by atoms with E-state index in [1.807, 2.05) is 0 Å². The monoisotopic (exact) mass is 352 g/mol. The van der Waals surface area contributed by atoms with E-state index in [2.05, 4.69) is 0 Å². The SMILES string of the molecule is NC(=S)c1ccc(S(=O)(=O)Nc2cc(F)cc(F)c2F)s1. The predicted octanol–water partition coefficient (Wildman–Crippen LogP) is 2.60. The number of thiophene rings is 1. The number of sulfonamides is 1. The molecule has 0 aliphatic rings. The van der Waals surface area contributed by atoms with Crippen LogP contribution in [-0.4, -0.2) is 13.4 Å². The molecule has 0 aliphatic carbocycles. The summed E-state index contributed by atoms with van der Waals surface area (Å²) in [6, 6.07) is 3.43. The molecule has 0 radical (unpaired) electrons. The minimum absolute atomic E-state index is 0.00410. The molecule has 0 bridgehead atoms. The van der Waals surface area contributed by atoms with E-state index in [9.17, 15) is 21.6 Å². The number of thiocarbonyl (C=S) groups is 1. The van der Waals surface area contributed by atoms with E-state index in [1.54, 1.807) is 4.72 Å². The second kappa shape index (κ2) is 5.62. The van der Waals surface area contributed by atoms with Crippen LogP contribution in [0.5, 0.6) is 0 Å². The highest BCUT2D eigenvalue weighted by Crippen LogP contribution is 2.26. The summed E-state index contributed by atoms with van der Waals surface area (Å²) >= 11 is 5.45. The highest BCUT2D eigenvalue weighted by molar-refractivity contribution is 7.94. The van der Waals surface area contributed by atoms with E-state index >= 15 is 0 Å². The molecule has 112 valence electrons. The molecule has 21 heavy (non-hydrogen) atoms. The van der Waals surface area contributed by atoms with Crippen molar-refractivity contribution in [2.75, 3.05) is 4.72 Å². The molecule has 0 amide bonds. The Morgan fingerprint density at radius 2 is 1.90 bits per heavy atom. The lowest BCUT2D eigenvalue weighted by Crippen LogP contribution is -2.13. The van der Waals surface area contributed by atoms with Crippen molar-refractivity contribution >= 4 is 44.3 Å². The molecule has 2 aromatic rings. The summed E-state index contributed by atoms with van der Waals surface area (Å²) in [5.74, 6) is -4.10. The maximum absolute atomic E-state index is 13.5. The lowest BCUT2D eigenvalue weighted by molar-refractivity contribution is 0.498. The normalized spacial score (nSPS) is 11.4. The zero-order chi connectivity index (χ0) is 15.8. The van der Waals surface area contributed by atoms with Crippen LogP contribution in [0.1, 0.15) is 4.88 Å². The smallest absolute Gasteiger partial charge is 0.271 e. The lowest BCUT2D eigenvalue weighted by atomic mass is 10.3. The standard InChI is InChI=1S/C11H7F3N2O2S3/c12-5-3-6(13)10(14)7(4-5)16-21(17,18)9-2-1-8(20-9)11(15)19/h1-4,16H,(H2,15,19). The highest BCUT2D eigenvalue weighted by atomic mass is 32.2. The molecule has 10 heteroatoms. The van der Waals surface area contributed by atoms with Crippen molar-refractivity contribution in [1.82, 2.24) is 0 Å². The van der Waals surface area contributed by atoms with E-state index in [0.29, 0.717) is 17.0 Å². The van der Waals surface area contributed by atoms with Gasteiger partial charge in [0.15, 0.2) is 11.6 Å². The van der Waals surface area contributed by atoms with Gasteiger partial charge in [0.2, 0.25) is 0 Å². The van der Waals surface area contributed by atoms with E-state index in [4.69, 9.17) is 18.0 Å². The van der Waals surface area contributed by atoms with Gasteiger partial charge in [-0.15, -0.1) is 11.3 Å². The molecule has 0 saturated heterocycles. The number of nitrogens with one attached hydrogen (secondary N) is 1. The first-order chi connectivity index (χ1) is 9.70. The van der Waals surface area contributed by atoms with Crippen molar-refractivity contribution < 1.29 is 21.6 Å². The Labute approximate surface area is 127 Å². The average Bonchev–Trinajstić information content (AvgIpc) is 2.85. The van der Waals surface area contributed by atoms with Gasteiger partial charge in [-0.3, -0.25) is 4.72 Å². The van der Waals surface area contributed by atoms with Crippen LogP contribution in [0, 0.1) is 17.5 Å². The maximum Gasteiger partial charge on any atom is 0.271 e. The second-order valence-corrected chi connectivity index (χ2v) is 7.27. The van der Waals surface area contributed by atoms with Crippen LogP contribution in [-0.2, 0) is 10.0 Å². The Kier molecular flexibility index (Phi) is 4.21. The summed E-state index contributed by atoms with van der Waals surface area (Å²) in [5.41, 5.74) is 4.53. The molecule has 1 aromatic carbocycles. The number of rotatable bonds is 4. The summed E-state index contributed by atoms with van der Waals surface area (Å²) in [4.78, 5) is 0.348. The lowest BCUT2D eigenvalue weighted by Gasteiger charge is -2.08. The van der Waals surface area contributed by atoms with Crippen LogP contribution in [0.4, 0.5) is 18.9 Å². The first-order valence-electron chi connectivity index (χ1n) is 5.27. The molecule has 2 rings (SSSR count). The minimum Gasteiger partial charge on any atom is -0.389 e. The molecule has 0 fully saturated rings. The van der Waals surface area contributed by atoms with Gasteiger partial charge in [0, 0.05) is 12.1 Å². The molecular weight excluding hydrogens is 345 g/mol. The van der Waals surface area contributed by atoms with Crippen LogP contribution in [0.2, 0.25) is 0 Å². The zero-order valence-corrected chi connectivity index (χ0v) is 12.5. The quantitative estimate of drug-likeness (QED) is 0.655. The molecule has 0 spiro atoms. The van der Waals surface area contributed by atoms with Gasteiger partial charge < -0.3 is 5.73 Å². The van der Waals surface area contributed by atoms with Crippen molar-refractivity contribution in [2.24, 2.45) is 5.73 Å². The number of hydrogen-bond acceptors (Lipinski definition) is 4. The van der Waals surface area contributed by atoms with Gasteiger partial charge in [-0.05, 0) is 12.1 Å². The Morgan fingerprint density at radius 1 is 1.24 bits per heavy atom. The van der Waals surface area contributed by atoms with Gasteiger partial charge in [-0.25, -0.2) is 21.6 Å². The number of benzene rings is 1. The predicted molar refractivity (Wildman–Crippen MR) is 77.3 cm³/mol. The average molecular weight is 352 g/mol. The Balaban J connectivity index is 2.39. The molecule has 0 unspecified atom stereocenters. The Morgan fingerprint density at radius 3 is 2.48 bits per heavy atom. The summed E-state index contributed by atoms with van der Waals surface area (Å²) in [6.45, 7) is 0. The van der Waals surface area contributed by atoms with Gasteiger partial charge in [-0.1, -0.05) is 12.2 Å². The fraction of sp³-hybridized carbons (Fsp3) is 0. The fourth-order valence-corrected chi connectivity index (χ4v) is 3.82. The topological polar surface area (TPSA) is 72.2 Å². The van der Waals surface area contributed by atoms with Crippen LogP contribution >= 0.6 is 23.6 Å². The van der Waals surface area contributed by atoms with Crippen LogP contribution < -0.4 is 10.5 Å². The summed E-state index contributed by atoms with van der Waals surface area (Å²) in [6.07, 6.45) is 0. The fourth-order valence-electron chi connectivity index (χ4n) is 1.42. The molecule has 0 atom stereocenters. The van der Waals surface area contributed by atoms with Gasteiger partial charge in [0.25, 0.3) is 10.0 Å². The van der Waals surface area contributed by atoms with Gasteiger partial charge in [0.1, 0.15) is 15.0 Å². The third-order valence-electron chi connectivity index (χ3n) is 2.33. The van der Waals surface area contributed by atoms with E-state index in [-0.39, 0.29) is 9.20 Å². The molecule has 4 nitrogen and oxygen atoms in total. The van der Waals surface area contributed by atoms with Gasteiger partial charge in [0.05, 0.1) is 10.6 Å². The summed E-state index contributed by atoms with van der Waals surface area (Å²) in [7, 11) is -4.20. The first-order valence-corrected chi connectivity index (χ1v) is 7.98. The molecule has 3 N–H and O–H groups in total. The molecule has 1 heterocycles. The number of anilines is 1. The number of hydrogen-bond donors (Lipinski definition) is 2. The third-order valence-corrected chi connectivity index (χ3v) is 5.65. The van der Waals surface area contributed by atoms with Crippen LogP contribution in [0.25, 0.3) is 0 Å². The summed E-state index contributed by atoms with van der Waals surface area (Å²) < 4.78 is 65.1. The molecule has 0 saturated carbocycles. The maximum atomic E-state index is 13.5. The van der Waals surface area contributed by atoms with E-state index in [0.717, 1.165) is 11.3 Å². The van der Waals surface area contributed by atoms with Crippen molar-refractivity contribution in [3.05, 3.63) is 46.6 Å². The molecule has 0 aliphatic heterocycles. The number of nitrogens with two attached hydrogens (primary N) is 1. The minimum atomic E-state index is -4.20. The summed E-state index contributed by atoms with van der Waals surface area (Å²) in [5, 5.41) is 0. The number of halogens is 3. The van der Waals surface area contributed by atoms with E-state index < -0.39 is 33.2 Å². The Bertz CT molecular complexity index is 818. The molecular formula is C11H7F3N2O2S3. The van der Waals surface area contributed by atoms with E-state index in [1.165, 1.54) is 12.1 Å². The van der Waals surface area contributed by atoms with Crippen LogP contribution in [0.3, 0.4) is 0 Å². The zero-order valence-electron chi connectivity index (χ0n) is 10.1. The largest absolute Gasteiger partial charge is 0.389 e. The highest BCUT2D eigenvalue weighted by Gasteiger charge is 2.21. The van der Waals surface area contributed by atoms with Crippen LogP contribution in [0.15, 0.2) is 28.5 Å². The van der Waals surface area contributed by atoms with Gasteiger partial charge >= 0.3 is 0 Å². The molecule has 1 aromatic heterocycles. The van der Waals surface area contributed by atoms with Crippen molar-refractivity contribution in [3.8, 4) is 0 Å².